The third-order valence-corrected chi connectivity index (χ3v) is 4.05. The van der Waals surface area contributed by atoms with Crippen molar-refractivity contribution in [3.8, 4) is 0 Å². The SMILES string of the molecule is CC(C)CS(=O)(=O)NC(C)(C)C(C)N. The molecule has 0 radical (unpaired) electrons. The molecule has 3 N–H and O–H groups in total. The predicted molar refractivity (Wildman–Crippen MR) is 59.5 cm³/mol. The lowest BCUT2D eigenvalue weighted by Crippen LogP contribution is -2.55. The standard InChI is InChI=1S/C9H22N2O2S/c1-7(2)6-14(12,13)11-9(4,5)8(3)10/h7-8,11H,6,10H2,1-5H3. The van der Waals surface area contributed by atoms with E-state index in [2.05, 4.69) is 4.72 Å². The summed E-state index contributed by atoms with van der Waals surface area (Å²) < 4.78 is 25.8. The molecule has 0 saturated carbocycles. The zero-order chi connectivity index (χ0) is 11.6. The minimum absolute atomic E-state index is 0.122. The Bertz CT molecular complexity index is 269. The molecule has 1 unspecified atom stereocenters. The zero-order valence-corrected chi connectivity index (χ0v) is 10.5. The zero-order valence-electron chi connectivity index (χ0n) is 9.66. The van der Waals surface area contributed by atoms with E-state index in [1.54, 1.807) is 20.8 Å². The van der Waals surface area contributed by atoms with Crippen molar-refractivity contribution in [1.82, 2.24) is 4.72 Å². The molecule has 0 heterocycles. The molecule has 0 aromatic carbocycles. The van der Waals surface area contributed by atoms with E-state index in [1.165, 1.54) is 0 Å². The summed E-state index contributed by atoms with van der Waals surface area (Å²) in [5.41, 5.74) is 5.09. The molecule has 1 atom stereocenters. The third-order valence-electron chi connectivity index (χ3n) is 2.11. The first-order valence-corrected chi connectivity index (χ1v) is 6.49. The van der Waals surface area contributed by atoms with Crippen LogP contribution in [0.5, 0.6) is 0 Å². The Morgan fingerprint density at radius 3 is 2.00 bits per heavy atom. The largest absolute Gasteiger partial charge is 0.326 e. The molecule has 0 fully saturated rings. The van der Waals surface area contributed by atoms with Crippen LogP contribution < -0.4 is 10.5 Å². The third kappa shape index (κ3) is 4.93. The van der Waals surface area contributed by atoms with Crippen molar-refractivity contribution in [2.45, 2.75) is 46.2 Å². The van der Waals surface area contributed by atoms with Gasteiger partial charge in [-0.3, -0.25) is 0 Å². The summed E-state index contributed by atoms with van der Waals surface area (Å²) in [7, 11) is -3.21. The number of hydrogen-bond acceptors (Lipinski definition) is 3. The summed E-state index contributed by atoms with van der Waals surface area (Å²) in [5, 5.41) is 0. The second-order valence-electron chi connectivity index (χ2n) is 4.79. The molecule has 0 aromatic rings. The molecule has 0 aromatic heterocycles. The molecule has 5 heteroatoms. The van der Waals surface area contributed by atoms with E-state index in [0.29, 0.717) is 0 Å². The van der Waals surface area contributed by atoms with Crippen molar-refractivity contribution < 1.29 is 8.42 Å². The Kier molecular flexibility index (Phi) is 4.55. The Balaban J connectivity index is 4.52. The summed E-state index contributed by atoms with van der Waals surface area (Å²) in [4.78, 5) is 0. The number of hydrogen-bond donors (Lipinski definition) is 2. The van der Waals surface area contributed by atoms with Gasteiger partial charge in [0.05, 0.1) is 5.75 Å². The summed E-state index contributed by atoms with van der Waals surface area (Å²) in [6.07, 6.45) is 0. The maximum atomic E-state index is 11.6. The topological polar surface area (TPSA) is 72.2 Å². The monoisotopic (exact) mass is 222 g/mol. The summed E-state index contributed by atoms with van der Waals surface area (Å²) in [6, 6.07) is -0.218. The van der Waals surface area contributed by atoms with E-state index >= 15 is 0 Å². The van der Waals surface area contributed by atoms with E-state index in [-0.39, 0.29) is 17.7 Å². The summed E-state index contributed by atoms with van der Waals surface area (Å²) in [5.74, 6) is 0.264. The van der Waals surface area contributed by atoms with Gasteiger partial charge in [0, 0.05) is 11.6 Å². The van der Waals surface area contributed by atoms with E-state index < -0.39 is 15.6 Å². The van der Waals surface area contributed by atoms with Crippen LogP contribution in [0.4, 0.5) is 0 Å². The highest BCUT2D eigenvalue weighted by Gasteiger charge is 2.28. The van der Waals surface area contributed by atoms with Crippen molar-refractivity contribution in [2.24, 2.45) is 11.7 Å². The highest BCUT2D eigenvalue weighted by atomic mass is 32.2. The molecule has 0 spiro atoms. The lowest BCUT2D eigenvalue weighted by Gasteiger charge is -2.30. The predicted octanol–water partition coefficient (Wildman–Crippen LogP) is 0.688. The molecule has 0 amide bonds. The number of rotatable bonds is 5. The van der Waals surface area contributed by atoms with Crippen molar-refractivity contribution >= 4 is 10.0 Å². The molecule has 14 heavy (non-hydrogen) atoms. The van der Waals surface area contributed by atoms with Crippen LogP contribution in [0.25, 0.3) is 0 Å². The van der Waals surface area contributed by atoms with Gasteiger partial charge in [-0.25, -0.2) is 13.1 Å². The van der Waals surface area contributed by atoms with E-state index in [1.807, 2.05) is 13.8 Å². The molecule has 0 bridgehead atoms. The van der Waals surface area contributed by atoms with Crippen LogP contribution in [0, 0.1) is 5.92 Å². The first-order chi connectivity index (χ1) is 6.07. The minimum atomic E-state index is -3.21. The number of nitrogens with one attached hydrogen (secondary N) is 1. The van der Waals surface area contributed by atoms with Crippen molar-refractivity contribution in [3.63, 3.8) is 0 Å². The Hall–Kier alpha value is -0.130. The maximum Gasteiger partial charge on any atom is 0.212 e. The van der Waals surface area contributed by atoms with Crippen LogP contribution >= 0.6 is 0 Å². The molecule has 0 aliphatic carbocycles. The van der Waals surface area contributed by atoms with Gasteiger partial charge in [-0.15, -0.1) is 0 Å². The Labute approximate surface area is 87.3 Å². The highest BCUT2D eigenvalue weighted by Crippen LogP contribution is 2.10. The van der Waals surface area contributed by atoms with E-state index in [9.17, 15) is 8.42 Å². The molecular weight excluding hydrogens is 200 g/mol. The average molecular weight is 222 g/mol. The number of sulfonamides is 1. The summed E-state index contributed by atoms with van der Waals surface area (Å²) >= 11 is 0. The quantitative estimate of drug-likeness (QED) is 0.719. The molecule has 86 valence electrons. The van der Waals surface area contributed by atoms with Crippen LogP contribution in [0.3, 0.4) is 0 Å². The lowest BCUT2D eigenvalue weighted by atomic mass is 9.99. The average Bonchev–Trinajstić information content (AvgIpc) is 1.79. The molecule has 0 rings (SSSR count). The van der Waals surface area contributed by atoms with Crippen LogP contribution in [-0.2, 0) is 10.0 Å². The van der Waals surface area contributed by atoms with Gasteiger partial charge in [0.25, 0.3) is 0 Å². The molecule has 0 saturated heterocycles. The van der Waals surface area contributed by atoms with Gasteiger partial charge in [-0.1, -0.05) is 13.8 Å². The number of nitrogens with two attached hydrogens (primary N) is 1. The maximum absolute atomic E-state index is 11.6. The van der Waals surface area contributed by atoms with Crippen molar-refractivity contribution in [2.75, 3.05) is 5.75 Å². The lowest BCUT2D eigenvalue weighted by molar-refractivity contribution is 0.386. The second kappa shape index (κ2) is 4.59. The smallest absolute Gasteiger partial charge is 0.212 e. The van der Waals surface area contributed by atoms with Crippen LogP contribution in [0.2, 0.25) is 0 Å². The molecular formula is C9H22N2O2S. The fourth-order valence-corrected chi connectivity index (χ4v) is 2.92. The van der Waals surface area contributed by atoms with Gasteiger partial charge in [-0.05, 0) is 26.7 Å². The fourth-order valence-electron chi connectivity index (χ4n) is 0.974. The fraction of sp³-hybridized carbons (Fsp3) is 1.00. The minimum Gasteiger partial charge on any atom is -0.326 e. The highest BCUT2D eigenvalue weighted by molar-refractivity contribution is 7.89. The van der Waals surface area contributed by atoms with Crippen molar-refractivity contribution in [3.05, 3.63) is 0 Å². The molecule has 0 aliphatic rings. The van der Waals surface area contributed by atoms with Crippen LogP contribution in [0.15, 0.2) is 0 Å². The first kappa shape index (κ1) is 13.9. The van der Waals surface area contributed by atoms with Crippen LogP contribution in [0.1, 0.15) is 34.6 Å². The molecule has 4 nitrogen and oxygen atoms in total. The molecule has 0 aliphatic heterocycles. The van der Waals surface area contributed by atoms with Gasteiger partial charge >= 0.3 is 0 Å². The first-order valence-electron chi connectivity index (χ1n) is 4.84. The van der Waals surface area contributed by atoms with Gasteiger partial charge in [-0.2, -0.15) is 0 Å². The Morgan fingerprint density at radius 1 is 1.29 bits per heavy atom. The van der Waals surface area contributed by atoms with Crippen LogP contribution in [-0.4, -0.2) is 25.8 Å². The van der Waals surface area contributed by atoms with Gasteiger partial charge in [0.1, 0.15) is 0 Å². The Morgan fingerprint density at radius 2 is 1.71 bits per heavy atom. The van der Waals surface area contributed by atoms with E-state index in [4.69, 9.17) is 5.73 Å². The van der Waals surface area contributed by atoms with Gasteiger partial charge in [0.2, 0.25) is 10.0 Å². The van der Waals surface area contributed by atoms with Crippen molar-refractivity contribution in [1.29, 1.82) is 0 Å². The second-order valence-corrected chi connectivity index (χ2v) is 6.55. The summed E-state index contributed by atoms with van der Waals surface area (Å²) in [6.45, 7) is 9.11. The van der Waals surface area contributed by atoms with E-state index in [0.717, 1.165) is 0 Å². The normalized spacial score (nSPS) is 15.9. The van der Waals surface area contributed by atoms with Gasteiger partial charge in [0.15, 0.2) is 0 Å². The van der Waals surface area contributed by atoms with Gasteiger partial charge < -0.3 is 5.73 Å².